The molecule has 0 bridgehead atoms. The minimum absolute atomic E-state index is 0.0128. The van der Waals surface area contributed by atoms with Gasteiger partial charge in [0.05, 0.1) is 62.2 Å². The molecule has 4 heterocycles. The number of carbonyl (C=O) groups is 8. The predicted molar refractivity (Wildman–Crippen MR) is 270 cm³/mol. The van der Waals surface area contributed by atoms with Gasteiger partial charge in [-0.05, 0) is 79.5 Å². The number of likely N-dealkylation sites (tertiary alicyclic amines) is 4. The summed E-state index contributed by atoms with van der Waals surface area (Å²) in [4.78, 5) is 117. The molecule has 0 radical (unpaired) electrons. The Bertz CT molecular complexity index is 2210. The van der Waals surface area contributed by atoms with Gasteiger partial charge in [-0.25, -0.2) is 8.78 Å². The summed E-state index contributed by atoms with van der Waals surface area (Å²) in [6, 6.07) is 8.11. The molecule has 17 nitrogen and oxygen atoms in total. The Balaban J connectivity index is 1.10. The molecule has 4 fully saturated rings. The lowest BCUT2D eigenvalue weighted by Gasteiger charge is -2.37. The Hall–Kier alpha value is -5.66. The van der Waals surface area contributed by atoms with Gasteiger partial charge in [0.25, 0.3) is 5.91 Å². The van der Waals surface area contributed by atoms with Crippen molar-refractivity contribution in [2.75, 3.05) is 39.8 Å². The molecule has 0 spiro atoms. The molecule has 6 rings (SSSR count). The maximum atomic E-state index is 14.5. The van der Waals surface area contributed by atoms with Gasteiger partial charge in [0, 0.05) is 57.3 Å². The van der Waals surface area contributed by atoms with Gasteiger partial charge in [0.15, 0.2) is 0 Å². The highest BCUT2D eigenvalue weighted by Crippen LogP contribution is 2.40. The summed E-state index contributed by atoms with van der Waals surface area (Å²) >= 11 is 0. The summed E-state index contributed by atoms with van der Waals surface area (Å²) in [6.45, 7) is 17.1. The second-order valence-electron chi connectivity index (χ2n) is 22.6. The first-order valence-electron chi connectivity index (χ1n) is 26.1. The number of ether oxygens (including phenoxy) is 2. The molecule has 10 atom stereocenters. The standard InChI is InChI=1S/C55H77F2N7O10/c1-11-32(2)50(69)60-49(55(7,8)9)53(72)62-25-23-39-48(62)43(73-30-34-12-16-36(56)17-13-34)28-63(39)45(67)21-20-41(65)51(70)59-27-46(68)64-29-44(74-31-35-14-18-37(57)19-15-35)47-40(64)22-24-61(47)52(71)38(54(4,5)6)26-42(66)33(3)58-10/h12-19,32-33,38-40,43-44,47-49,58H,11,20-31H2,1-10H3,(H,59,70)(H,60,69)/t32-,33+,38-,39-,40-,43+,44+,47+,48+,49-/m1/s1. The van der Waals surface area contributed by atoms with Crippen molar-refractivity contribution in [1.29, 1.82) is 0 Å². The number of nitrogens with one attached hydrogen (secondary N) is 3. The molecule has 19 heteroatoms. The molecule has 6 amide bonds. The number of Topliss-reactive ketones (excluding diaryl/α,β-unsaturated/α-hetero) is 2. The second kappa shape index (κ2) is 24.3. The fraction of sp³-hybridized carbons (Fsp3) is 0.636. The largest absolute Gasteiger partial charge is 0.369 e. The summed E-state index contributed by atoms with van der Waals surface area (Å²) in [5.41, 5.74) is 0.118. The third-order valence-corrected chi connectivity index (χ3v) is 15.5. The second-order valence-corrected chi connectivity index (χ2v) is 22.6. The van der Waals surface area contributed by atoms with Gasteiger partial charge in [-0.2, -0.15) is 0 Å². The minimum atomic E-state index is -1.05. The predicted octanol–water partition coefficient (Wildman–Crippen LogP) is 4.33. The van der Waals surface area contributed by atoms with Crippen molar-refractivity contribution in [1.82, 2.24) is 35.6 Å². The molecule has 0 aromatic heterocycles. The lowest BCUT2D eigenvalue weighted by molar-refractivity contribution is -0.145. The lowest BCUT2D eigenvalue weighted by Crippen LogP contribution is -2.58. The number of nitrogens with zero attached hydrogens (tertiary/aromatic N) is 4. The summed E-state index contributed by atoms with van der Waals surface area (Å²) in [6.07, 6.45) is -0.726. The Morgan fingerprint density at radius 3 is 1.62 bits per heavy atom. The van der Waals surface area contributed by atoms with Crippen molar-refractivity contribution in [3.05, 3.63) is 71.3 Å². The van der Waals surface area contributed by atoms with Crippen molar-refractivity contribution in [2.45, 2.75) is 163 Å². The highest BCUT2D eigenvalue weighted by atomic mass is 19.1. The number of likely N-dealkylation sites (N-methyl/N-ethyl adjacent to an activating group) is 1. The highest BCUT2D eigenvalue weighted by Gasteiger charge is 2.56. The number of rotatable bonds is 21. The number of amides is 6. The summed E-state index contributed by atoms with van der Waals surface area (Å²) in [7, 11) is 1.68. The van der Waals surface area contributed by atoms with E-state index in [0.29, 0.717) is 30.4 Å². The van der Waals surface area contributed by atoms with Gasteiger partial charge in [-0.1, -0.05) is 79.7 Å². The van der Waals surface area contributed by atoms with E-state index in [9.17, 15) is 47.1 Å². The zero-order chi connectivity index (χ0) is 54.4. The van der Waals surface area contributed by atoms with Crippen LogP contribution in [0, 0.1) is 34.3 Å². The minimum Gasteiger partial charge on any atom is -0.369 e. The molecule has 0 saturated carbocycles. The maximum absolute atomic E-state index is 14.5. The van der Waals surface area contributed by atoms with Gasteiger partial charge >= 0.3 is 0 Å². The Morgan fingerprint density at radius 1 is 0.676 bits per heavy atom. The first-order chi connectivity index (χ1) is 34.8. The molecule has 4 saturated heterocycles. The molecule has 0 aliphatic carbocycles. The zero-order valence-corrected chi connectivity index (χ0v) is 44.7. The number of benzene rings is 2. The third kappa shape index (κ3) is 13.6. The van der Waals surface area contributed by atoms with Crippen LogP contribution in [0.15, 0.2) is 48.5 Å². The molecular formula is C55H77F2N7O10. The van der Waals surface area contributed by atoms with Crippen LogP contribution in [0.5, 0.6) is 0 Å². The van der Waals surface area contributed by atoms with Gasteiger partial charge in [0.1, 0.15) is 23.5 Å². The van der Waals surface area contributed by atoms with Crippen LogP contribution >= 0.6 is 0 Å². The van der Waals surface area contributed by atoms with Gasteiger partial charge < -0.3 is 45.0 Å². The van der Waals surface area contributed by atoms with Crippen LogP contribution in [0.25, 0.3) is 0 Å². The summed E-state index contributed by atoms with van der Waals surface area (Å²) in [5, 5.41) is 8.37. The third-order valence-electron chi connectivity index (χ3n) is 15.5. The van der Waals surface area contributed by atoms with Crippen LogP contribution in [-0.4, -0.2) is 155 Å². The van der Waals surface area contributed by atoms with Crippen LogP contribution < -0.4 is 16.0 Å². The van der Waals surface area contributed by atoms with Crippen LogP contribution in [0.1, 0.15) is 112 Å². The molecule has 4 aliphatic heterocycles. The van der Waals surface area contributed by atoms with E-state index in [-0.39, 0.29) is 81.7 Å². The summed E-state index contributed by atoms with van der Waals surface area (Å²) < 4.78 is 40.3. The number of halogens is 2. The Kier molecular flexibility index (Phi) is 19.0. The fourth-order valence-corrected chi connectivity index (χ4v) is 10.6. The van der Waals surface area contributed by atoms with Crippen molar-refractivity contribution in [2.24, 2.45) is 22.7 Å². The van der Waals surface area contributed by atoms with E-state index in [4.69, 9.17) is 9.47 Å². The molecule has 406 valence electrons. The molecule has 2 aromatic rings. The van der Waals surface area contributed by atoms with E-state index < -0.39 is 113 Å². The molecular weight excluding hydrogens is 957 g/mol. The van der Waals surface area contributed by atoms with Gasteiger partial charge in [0.2, 0.25) is 35.3 Å². The SMILES string of the molecule is CC[C@@H](C)C(=O)N[C@H](C(=O)N1CC[C@@H]2[C@H]1[C@@H](OCc1ccc(F)cc1)CN2C(=O)CCC(=O)C(=O)NCC(=O)N1C[C@H](OCc2ccc(F)cc2)[C@@H]2[C@H]1CCN2C(=O)[C@@H](CC(=O)[C@H](C)NC)C(C)(C)C)C(C)(C)C. The number of carbonyl (C=O) groups excluding carboxylic acids is 8. The molecule has 3 N–H and O–H groups in total. The van der Waals surface area contributed by atoms with E-state index in [1.165, 1.54) is 24.3 Å². The van der Waals surface area contributed by atoms with Crippen LogP contribution in [-0.2, 0) is 61.0 Å². The van der Waals surface area contributed by atoms with Crippen LogP contribution in [0.4, 0.5) is 8.78 Å². The van der Waals surface area contributed by atoms with Gasteiger partial charge in [-0.15, -0.1) is 0 Å². The van der Waals surface area contributed by atoms with E-state index in [2.05, 4.69) is 16.0 Å². The average Bonchev–Trinajstić information content (AvgIpc) is 4.16. The zero-order valence-electron chi connectivity index (χ0n) is 44.7. The van der Waals surface area contributed by atoms with Crippen molar-refractivity contribution < 1.29 is 56.6 Å². The molecule has 4 aliphatic rings. The Labute approximate surface area is 434 Å². The lowest BCUT2D eigenvalue weighted by atomic mass is 9.76. The normalized spacial score (nSPS) is 23.2. The smallest absolute Gasteiger partial charge is 0.287 e. The van der Waals surface area contributed by atoms with Gasteiger partial charge in [-0.3, -0.25) is 38.4 Å². The first kappa shape index (κ1) is 57.6. The van der Waals surface area contributed by atoms with E-state index in [1.54, 1.807) is 64.8 Å². The van der Waals surface area contributed by atoms with E-state index >= 15 is 0 Å². The molecule has 0 unspecified atom stereocenters. The number of ketones is 2. The first-order valence-corrected chi connectivity index (χ1v) is 26.1. The number of hydrogen-bond acceptors (Lipinski definition) is 11. The average molecular weight is 1030 g/mol. The van der Waals surface area contributed by atoms with Crippen LogP contribution in [0.3, 0.4) is 0 Å². The number of hydrogen-bond donors (Lipinski definition) is 3. The summed E-state index contributed by atoms with van der Waals surface area (Å²) in [5.74, 6) is -5.58. The van der Waals surface area contributed by atoms with Crippen LogP contribution in [0.2, 0.25) is 0 Å². The van der Waals surface area contributed by atoms with Crippen molar-refractivity contribution in [3.8, 4) is 0 Å². The van der Waals surface area contributed by atoms with E-state index in [1.807, 2.05) is 48.5 Å². The molecule has 2 aromatic carbocycles. The van der Waals surface area contributed by atoms with E-state index in [0.717, 1.165) is 0 Å². The monoisotopic (exact) mass is 1030 g/mol. The molecule has 74 heavy (non-hydrogen) atoms. The quantitative estimate of drug-likeness (QED) is 0.150. The topological polar surface area (TPSA) is 204 Å². The number of fused-ring (bicyclic) bond motifs is 2. The highest BCUT2D eigenvalue weighted by molar-refractivity contribution is 6.36. The maximum Gasteiger partial charge on any atom is 0.287 e. The van der Waals surface area contributed by atoms with Crippen molar-refractivity contribution in [3.63, 3.8) is 0 Å². The fourth-order valence-electron chi connectivity index (χ4n) is 10.6. The Morgan fingerprint density at radius 2 is 1.16 bits per heavy atom. The van der Waals surface area contributed by atoms with Crippen molar-refractivity contribution >= 4 is 47.0 Å².